The van der Waals surface area contributed by atoms with Gasteiger partial charge in [0.1, 0.15) is 0 Å². The topological polar surface area (TPSA) is 66.9 Å². The Balaban J connectivity index is 2.15. The lowest BCUT2D eigenvalue weighted by Gasteiger charge is -2.14. The summed E-state index contributed by atoms with van der Waals surface area (Å²) >= 11 is 0. The number of anilines is 1. The number of benzene rings is 1. The molecule has 0 aliphatic rings. The SMILES string of the molecule is CCNC(=O)Nc1cc2cccnc2nc1-c1cccc(C(F)(F)F)c1. The Kier molecular flexibility index (Phi) is 4.75. The van der Waals surface area contributed by atoms with Crippen molar-refractivity contribution in [1.82, 2.24) is 15.3 Å². The van der Waals surface area contributed by atoms with Crippen molar-refractivity contribution in [2.75, 3.05) is 11.9 Å². The van der Waals surface area contributed by atoms with E-state index in [1.807, 2.05) is 0 Å². The van der Waals surface area contributed by atoms with E-state index in [0.717, 1.165) is 12.1 Å². The number of nitrogens with zero attached hydrogens (tertiary/aromatic N) is 2. The molecule has 0 saturated heterocycles. The van der Waals surface area contributed by atoms with Gasteiger partial charge in [0.05, 0.1) is 16.9 Å². The first kappa shape index (κ1) is 17.7. The molecule has 5 nitrogen and oxygen atoms in total. The van der Waals surface area contributed by atoms with Crippen LogP contribution in [0.15, 0.2) is 48.7 Å². The maximum atomic E-state index is 13.0. The Morgan fingerprint density at radius 2 is 1.96 bits per heavy atom. The summed E-state index contributed by atoms with van der Waals surface area (Å²) in [5, 5.41) is 5.88. The third-order valence-electron chi connectivity index (χ3n) is 3.64. The van der Waals surface area contributed by atoms with Crippen LogP contribution in [0, 0.1) is 0 Å². The monoisotopic (exact) mass is 360 g/mol. The molecule has 3 rings (SSSR count). The summed E-state index contributed by atoms with van der Waals surface area (Å²) in [5.41, 5.74) is 0.340. The van der Waals surface area contributed by atoms with E-state index in [9.17, 15) is 18.0 Å². The number of alkyl halides is 3. The number of halogens is 3. The molecule has 0 radical (unpaired) electrons. The number of nitrogens with one attached hydrogen (secondary N) is 2. The van der Waals surface area contributed by atoms with Gasteiger partial charge in [-0.3, -0.25) is 0 Å². The molecule has 1 aromatic carbocycles. The summed E-state index contributed by atoms with van der Waals surface area (Å²) in [7, 11) is 0. The Morgan fingerprint density at radius 3 is 2.69 bits per heavy atom. The predicted octanol–water partition coefficient (Wildman–Crippen LogP) is 4.46. The van der Waals surface area contributed by atoms with Gasteiger partial charge in [0.25, 0.3) is 0 Å². The number of aromatic nitrogens is 2. The Bertz CT molecular complexity index is 957. The van der Waals surface area contributed by atoms with Crippen molar-refractivity contribution in [3.63, 3.8) is 0 Å². The highest BCUT2D eigenvalue weighted by Gasteiger charge is 2.30. The van der Waals surface area contributed by atoms with E-state index in [-0.39, 0.29) is 11.3 Å². The molecule has 0 aliphatic carbocycles. The van der Waals surface area contributed by atoms with Crippen LogP contribution in [-0.2, 0) is 6.18 Å². The van der Waals surface area contributed by atoms with Crippen LogP contribution < -0.4 is 10.6 Å². The van der Waals surface area contributed by atoms with Crippen LogP contribution in [0.2, 0.25) is 0 Å². The van der Waals surface area contributed by atoms with Crippen molar-refractivity contribution in [3.8, 4) is 11.3 Å². The van der Waals surface area contributed by atoms with Crippen LogP contribution in [0.25, 0.3) is 22.3 Å². The zero-order valence-electron chi connectivity index (χ0n) is 13.8. The lowest BCUT2D eigenvalue weighted by molar-refractivity contribution is -0.137. The summed E-state index contributed by atoms with van der Waals surface area (Å²) in [6, 6.07) is 9.44. The second-order valence-corrected chi connectivity index (χ2v) is 5.50. The van der Waals surface area contributed by atoms with Crippen molar-refractivity contribution in [2.45, 2.75) is 13.1 Å². The van der Waals surface area contributed by atoms with Gasteiger partial charge in [-0.05, 0) is 37.3 Å². The normalized spacial score (nSPS) is 11.4. The third kappa shape index (κ3) is 3.74. The second kappa shape index (κ2) is 6.99. The van der Waals surface area contributed by atoms with Gasteiger partial charge in [0, 0.05) is 23.7 Å². The molecule has 0 aliphatic heterocycles. The summed E-state index contributed by atoms with van der Waals surface area (Å²) in [6.45, 7) is 2.17. The molecule has 134 valence electrons. The average Bonchev–Trinajstić information content (AvgIpc) is 2.61. The molecule has 2 heterocycles. The lowest BCUT2D eigenvalue weighted by atomic mass is 10.0. The van der Waals surface area contributed by atoms with Crippen molar-refractivity contribution in [2.24, 2.45) is 0 Å². The number of hydrogen-bond donors (Lipinski definition) is 2. The van der Waals surface area contributed by atoms with E-state index in [0.29, 0.717) is 23.3 Å². The van der Waals surface area contributed by atoms with Gasteiger partial charge in [-0.25, -0.2) is 14.8 Å². The lowest BCUT2D eigenvalue weighted by Crippen LogP contribution is -2.28. The van der Waals surface area contributed by atoms with E-state index in [1.165, 1.54) is 12.1 Å². The van der Waals surface area contributed by atoms with Crippen LogP contribution >= 0.6 is 0 Å². The first-order chi connectivity index (χ1) is 12.4. The minimum Gasteiger partial charge on any atom is -0.338 e. The van der Waals surface area contributed by atoms with Crippen LogP contribution in [0.4, 0.5) is 23.7 Å². The Hall–Kier alpha value is -3.16. The minimum absolute atomic E-state index is 0.216. The minimum atomic E-state index is -4.47. The van der Waals surface area contributed by atoms with Gasteiger partial charge in [0.15, 0.2) is 5.65 Å². The van der Waals surface area contributed by atoms with Crippen LogP contribution in [-0.4, -0.2) is 22.5 Å². The van der Waals surface area contributed by atoms with E-state index in [4.69, 9.17) is 0 Å². The van der Waals surface area contributed by atoms with Gasteiger partial charge in [-0.2, -0.15) is 13.2 Å². The first-order valence-corrected chi connectivity index (χ1v) is 7.86. The molecule has 26 heavy (non-hydrogen) atoms. The molecule has 3 aromatic rings. The number of carbonyl (C=O) groups excluding carboxylic acids is 1. The molecule has 8 heteroatoms. The van der Waals surface area contributed by atoms with E-state index in [1.54, 1.807) is 31.3 Å². The summed E-state index contributed by atoms with van der Waals surface area (Å²) in [5.74, 6) is 0. The van der Waals surface area contributed by atoms with Crippen molar-refractivity contribution in [3.05, 3.63) is 54.2 Å². The zero-order valence-corrected chi connectivity index (χ0v) is 13.8. The fraction of sp³-hybridized carbons (Fsp3) is 0.167. The molecule has 2 amide bonds. The van der Waals surface area contributed by atoms with Gasteiger partial charge in [0.2, 0.25) is 0 Å². The van der Waals surface area contributed by atoms with Gasteiger partial charge >= 0.3 is 12.2 Å². The fourth-order valence-corrected chi connectivity index (χ4v) is 2.49. The average molecular weight is 360 g/mol. The number of urea groups is 1. The number of hydrogen-bond acceptors (Lipinski definition) is 3. The molecule has 2 N–H and O–H groups in total. The summed E-state index contributed by atoms with van der Waals surface area (Å²) < 4.78 is 39.1. The molecular formula is C18H15F3N4O. The molecule has 0 bridgehead atoms. The second-order valence-electron chi connectivity index (χ2n) is 5.50. The standard InChI is InChI=1S/C18H15F3N4O/c1-2-22-17(26)24-14-10-12-6-4-8-23-16(12)25-15(14)11-5-3-7-13(9-11)18(19,20)21/h3-10H,2H2,1H3,(H2,22,24,26). The zero-order chi connectivity index (χ0) is 18.7. The van der Waals surface area contributed by atoms with Gasteiger partial charge in [-0.1, -0.05) is 12.1 Å². The van der Waals surface area contributed by atoms with Crippen molar-refractivity contribution >= 4 is 22.8 Å². The molecule has 0 atom stereocenters. The molecule has 0 unspecified atom stereocenters. The van der Waals surface area contributed by atoms with Crippen molar-refractivity contribution < 1.29 is 18.0 Å². The molecule has 0 spiro atoms. The van der Waals surface area contributed by atoms with Crippen molar-refractivity contribution in [1.29, 1.82) is 0 Å². The maximum absolute atomic E-state index is 13.0. The molecule has 0 fully saturated rings. The highest BCUT2D eigenvalue weighted by atomic mass is 19.4. The molecule has 2 aromatic heterocycles. The smallest absolute Gasteiger partial charge is 0.338 e. The quantitative estimate of drug-likeness (QED) is 0.725. The van der Waals surface area contributed by atoms with E-state index < -0.39 is 17.8 Å². The number of amides is 2. The van der Waals surface area contributed by atoms with Crippen LogP contribution in [0.1, 0.15) is 12.5 Å². The van der Waals surface area contributed by atoms with Crippen LogP contribution in [0.3, 0.4) is 0 Å². The summed E-state index contributed by atoms with van der Waals surface area (Å²) in [6.07, 6.45) is -2.93. The maximum Gasteiger partial charge on any atom is 0.416 e. The fourth-order valence-electron chi connectivity index (χ4n) is 2.49. The summed E-state index contributed by atoms with van der Waals surface area (Å²) in [4.78, 5) is 20.4. The molecular weight excluding hydrogens is 345 g/mol. The number of rotatable bonds is 3. The largest absolute Gasteiger partial charge is 0.416 e. The highest BCUT2D eigenvalue weighted by Crippen LogP contribution is 2.34. The van der Waals surface area contributed by atoms with Gasteiger partial charge < -0.3 is 10.6 Å². The number of pyridine rings is 2. The third-order valence-corrected chi connectivity index (χ3v) is 3.64. The van der Waals surface area contributed by atoms with Gasteiger partial charge in [-0.15, -0.1) is 0 Å². The first-order valence-electron chi connectivity index (χ1n) is 7.86. The highest BCUT2D eigenvalue weighted by molar-refractivity contribution is 5.97. The van der Waals surface area contributed by atoms with Crippen LogP contribution in [0.5, 0.6) is 0 Å². The van der Waals surface area contributed by atoms with E-state index in [2.05, 4.69) is 20.6 Å². The number of carbonyl (C=O) groups is 1. The Labute approximate surface area is 147 Å². The Morgan fingerprint density at radius 1 is 1.15 bits per heavy atom. The van der Waals surface area contributed by atoms with E-state index >= 15 is 0 Å². The predicted molar refractivity (Wildman–Crippen MR) is 92.7 cm³/mol. The molecule has 0 saturated carbocycles. The number of fused-ring (bicyclic) bond motifs is 1.